The Morgan fingerprint density at radius 2 is 2.17 bits per heavy atom. The van der Waals surface area contributed by atoms with E-state index in [0.717, 1.165) is 0 Å². The molecule has 0 aliphatic carbocycles. The molecule has 0 aromatic carbocycles. The van der Waals surface area contributed by atoms with Gasteiger partial charge in [-0.2, -0.15) is 0 Å². The highest BCUT2D eigenvalue weighted by Gasteiger charge is 2.34. The van der Waals surface area contributed by atoms with Crippen LogP contribution in [0.15, 0.2) is 12.3 Å². The van der Waals surface area contributed by atoms with Gasteiger partial charge in [0.05, 0.1) is 19.2 Å². The summed E-state index contributed by atoms with van der Waals surface area (Å²) in [5.74, 6) is 5.09. The average molecular weight is 403 g/mol. The summed E-state index contributed by atoms with van der Waals surface area (Å²) in [7, 11) is 1.69. The molecule has 158 valence electrons. The first-order valence-electron chi connectivity index (χ1n) is 9.63. The van der Waals surface area contributed by atoms with Crippen LogP contribution in [-0.2, 0) is 4.79 Å². The lowest BCUT2D eigenvalue weighted by Crippen LogP contribution is -2.50. The third-order valence-corrected chi connectivity index (χ3v) is 4.94. The van der Waals surface area contributed by atoms with Gasteiger partial charge in [-0.25, -0.2) is 4.98 Å². The number of amides is 2. The summed E-state index contributed by atoms with van der Waals surface area (Å²) in [4.78, 5) is 32.3. The van der Waals surface area contributed by atoms with Crippen LogP contribution in [0.1, 0.15) is 43.6 Å². The predicted octanol–water partition coefficient (Wildman–Crippen LogP) is 0.512. The van der Waals surface area contributed by atoms with Crippen molar-refractivity contribution in [1.82, 2.24) is 14.8 Å². The summed E-state index contributed by atoms with van der Waals surface area (Å²) in [6.07, 6.45) is 0.299. The molecule has 0 saturated heterocycles. The fraction of sp³-hybridized carbons (Fsp3) is 0.571. The first kappa shape index (κ1) is 22.7. The number of likely N-dealkylation sites (N-methyl/N-ethyl adjacent to an activating group) is 1. The normalized spacial score (nSPS) is 20.9. The van der Waals surface area contributed by atoms with Crippen LogP contribution in [-0.4, -0.2) is 81.8 Å². The molecule has 0 spiro atoms. The quantitative estimate of drug-likeness (QED) is 0.710. The number of rotatable bonds is 4. The summed E-state index contributed by atoms with van der Waals surface area (Å²) < 4.78 is 6.07. The Hall–Kier alpha value is -2.63. The summed E-state index contributed by atoms with van der Waals surface area (Å²) in [6, 6.07) is 1.19. The highest BCUT2D eigenvalue weighted by molar-refractivity contribution is 5.97. The minimum absolute atomic E-state index is 0.0866. The summed E-state index contributed by atoms with van der Waals surface area (Å²) in [5.41, 5.74) is 0.717. The second-order valence-corrected chi connectivity index (χ2v) is 7.54. The average Bonchev–Trinajstić information content (AvgIpc) is 2.68. The van der Waals surface area contributed by atoms with E-state index in [9.17, 15) is 19.8 Å². The van der Waals surface area contributed by atoms with Gasteiger partial charge in [-0.05, 0) is 19.9 Å². The molecule has 2 rings (SSSR count). The highest BCUT2D eigenvalue weighted by atomic mass is 16.5. The predicted molar refractivity (Wildman–Crippen MR) is 107 cm³/mol. The first-order valence-corrected chi connectivity index (χ1v) is 9.63. The molecule has 0 bridgehead atoms. The van der Waals surface area contributed by atoms with Crippen molar-refractivity contribution in [1.29, 1.82) is 0 Å². The molecule has 2 amide bonds. The fourth-order valence-electron chi connectivity index (χ4n) is 2.97. The van der Waals surface area contributed by atoms with E-state index in [1.54, 1.807) is 36.8 Å². The van der Waals surface area contributed by atoms with E-state index in [1.807, 2.05) is 6.92 Å². The molecule has 8 nitrogen and oxygen atoms in total. The van der Waals surface area contributed by atoms with Gasteiger partial charge in [0.25, 0.3) is 5.91 Å². The molecule has 1 aliphatic rings. The lowest BCUT2D eigenvalue weighted by Gasteiger charge is -2.37. The van der Waals surface area contributed by atoms with Crippen LogP contribution in [0.5, 0.6) is 5.88 Å². The van der Waals surface area contributed by atoms with Crippen molar-refractivity contribution in [3.8, 4) is 17.7 Å². The Morgan fingerprint density at radius 1 is 1.48 bits per heavy atom. The van der Waals surface area contributed by atoms with Crippen molar-refractivity contribution in [3.63, 3.8) is 0 Å². The number of ether oxygens (including phenoxy) is 1. The molecular formula is C21H29N3O5. The number of carbonyl (C=O) groups excluding carboxylic acids is 2. The van der Waals surface area contributed by atoms with Crippen molar-refractivity contribution in [3.05, 3.63) is 23.4 Å². The van der Waals surface area contributed by atoms with Gasteiger partial charge in [0, 0.05) is 38.2 Å². The van der Waals surface area contributed by atoms with Crippen LogP contribution < -0.4 is 4.74 Å². The minimum Gasteiger partial charge on any atom is -0.472 e. The first-order chi connectivity index (χ1) is 13.6. The van der Waals surface area contributed by atoms with Gasteiger partial charge in [0.2, 0.25) is 11.8 Å². The number of pyridine rings is 1. The monoisotopic (exact) mass is 403 g/mol. The van der Waals surface area contributed by atoms with E-state index in [1.165, 1.54) is 13.1 Å². The second-order valence-electron chi connectivity index (χ2n) is 7.54. The van der Waals surface area contributed by atoms with Gasteiger partial charge in [0.15, 0.2) is 0 Å². The van der Waals surface area contributed by atoms with Crippen LogP contribution in [0.25, 0.3) is 0 Å². The Labute approximate surface area is 171 Å². The Balaban J connectivity index is 2.49. The lowest BCUT2D eigenvalue weighted by molar-refractivity contribution is -0.129. The van der Waals surface area contributed by atoms with Crippen molar-refractivity contribution in [2.24, 2.45) is 5.92 Å². The topological polar surface area (TPSA) is 103 Å². The van der Waals surface area contributed by atoms with Crippen molar-refractivity contribution in [2.45, 2.75) is 45.9 Å². The maximum Gasteiger partial charge on any atom is 0.259 e. The molecule has 2 N–H and O–H groups in total. The van der Waals surface area contributed by atoms with Crippen molar-refractivity contribution in [2.75, 3.05) is 26.7 Å². The van der Waals surface area contributed by atoms with Crippen LogP contribution >= 0.6 is 0 Å². The Morgan fingerprint density at radius 3 is 2.76 bits per heavy atom. The second kappa shape index (κ2) is 9.72. The molecule has 0 unspecified atom stereocenters. The molecular weight excluding hydrogens is 374 g/mol. The van der Waals surface area contributed by atoms with Gasteiger partial charge in [-0.3, -0.25) is 9.59 Å². The number of hydrogen-bond donors (Lipinski definition) is 2. The SMILES string of the molecule is CC(=O)N(C)C[C@H]1Oc2ncc(C#C[C@H](C)O)cc2C(=O)N([C@H](C)CO)C[C@H]1C. The summed E-state index contributed by atoms with van der Waals surface area (Å²) >= 11 is 0. The Bertz CT molecular complexity index is 814. The van der Waals surface area contributed by atoms with Crippen LogP contribution in [0.4, 0.5) is 0 Å². The number of nitrogens with zero attached hydrogens (tertiary/aromatic N) is 3. The molecule has 8 heteroatoms. The molecule has 0 fully saturated rings. The van der Waals surface area contributed by atoms with Gasteiger partial charge >= 0.3 is 0 Å². The number of hydrogen-bond acceptors (Lipinski definition) is 6. The van der Waals surface area contributed by atoms with Gasteiger partial charge in [-0.15, -0.1) is 0 Å². The fourth-order valence-corrected chi connectivity index (χ4v) is 2.97. The van der Waals surface area contributed by atoms with Crippen LogP contribution in [0.2, 0.25) is 0 Å². The maximum atomic E-state index is 13.2. The number of aliphatic hydroxyl groups excluding tert-OH is 2. The van der Waals surface area contributed by atoms with Crippen LogP contribution in [0, 0.1) is 17.8 Å². The van der Waals surface area contributed by atoms with E-state index < -0.39 is 12.1 Å². The van der Waals surface area contributed by atoms with E-state index >= 15 is 0 Å². The number of aromatic nitrogens is 1. The third kappa shape index (κ3) is 5.68. The van der Waals surface area contributed by atoms with E-state index in [0.29, 0.717) is 18.7 Å². The molecule has 1 aromatic heterocycles. The maximum absolute atomic E-state index is 13.2. The highest BCUT2D eigenvalue weighted by Crippen LogP contribution is 2.27. The lowest BCUT2D eigenvalue weighted by atomic mass is 10.00. The zero-order chi connectivity index (χ0) is 21.7. The zero-order valence-corrected chi connectivity index (χ0v) is 17.5. The third-order valence-electron chi connectivity index (χ3n) is 4.94. The van der Waals surface area contributed by atoms with E-state index in [4.69, 9.17) is 4.74 Å². The van der Waals surface area contributed by atoms with Crippen LogP contribution in [0.3, 0.4) is 0 Å². The largest absolute Gasteiger partial charge is 0.472 e. The van der Waals surface area contributed by atoms with Gasteiger partial charge in [-0.1, -0.05) is 18.8 Å². The summed E-state index contributed by atoms with van der Waals surface area (Å²) in [6.45, 7) is 7.27. The van der Waals surface area contributed by atoms with E-state index in [2.05, 4.69) is 16.8 Å². The summed E-state index contributed by atoms with van der Waals surface area (Å²) in [5, 5.41) is 19.0. The number of aliphatic hydroxyl groups is 2. The molecule has 29 heavy (non-hydrogen) atoms. The van der Waals surface area contributed by atoms with Crippen molar-refractivity contribution >= 4 is 11.8 Å². The van der Waals surface area contributed by atoms with Gasteiger partial charge < -0.3 is 24.7 Å². The number of carbonyl (C=O) groups is 2. The number of fused-ring (bicyclic) bond motifs is 1. The smallest absolute Gasteiger partial charge is 0.259 e. The van der Waals surface area contributed by atoms with Crippen molar-refractivity contribution < 1.29 is 24.5 Å². The van der Waals surface area contributed by atoms with E-state index in [-0.39, 0.29) is 41.9 Å². The van der Waals surface area contributed by atoms with Gasteiger partial charge in [0.1, 0.15) is 17.8 Å². The molecule has 0 radical (unpaired) electrons. The minimum atomic E-state index is -0.804. The Kier molecular flexibility index (Phi) is 7.59. The zero-order valence-electron chi connectivity index (χ0n) is 17.5. The molecule has 1 aliphatic heterocycles. The molecule has 1 aromatic rings. The molecule has 2 heterocycles. The molecule has 0 saturated carbocycles. The standard InChI is InChI=1S/C21H29N3O5/c1-13-10-24(14(2)12-25)21(28)18-8-17(7-6-15(3)26)9-22-20(18)29-19(13)11-23(5)16(4)27/h8-9,13-15,19,25-26H,10-12H2,1-5H3/t13-,14-,15+,19-/m1/s1. The molecule has 4 atom stereocenters.